The number of carbonyl (C=O) groups excluding carboxylic acids is 1. The number of benzene rings is 1. The lowest BCUT2D eigenvalue weighted by Gasteiger charge is -2.48. The third kappa shape index (κ3) is 5.03. The Kier molecular flexibility index (Phi) is 6.37. The Hall–Kier alpha value is -3.18. The Bertz CT molecular complexity index is 1230. The molecule has 5 rings (SSSR count). The number of aryl methyl sites for hydroxylation is 1. The molecule has 1 amide bonds. The van der Waals surface area contributed by atoms with Crippen LogP contribution in [0.25, 0.3) is 10.9 Å². The first kappa shape index (κ1) is 24.5. The average molecular weight is 503 g/mol. The van der Waals surface area contributed by atoms with E-state index in [9.17, 15) is 23.1 Å². The lowest BCUT2D eigenvalue weighted by atomic mass is 9.77. The fraction of sp³-hybridized carbons (Fsp3) is 0.480. The summed E-state index contributed by atoms with van der Waals surface area (Å²) >= 11 is 0. The second kappa shape index (κ2) is 9.36. The summed E-state index contributed by atoms with van der Waals surface area (Å²) in [6, 6.07) is 7.60. The largest absolute Gasteiger partial charge is 0.416 e. The van der Waals surface area contributed by atoms with E-state index in [0.717, 1.165) is 49.3 Å². The maximum absolute atomic E-state index is 13.0. The molecule has 1 aromatic carbocycles. The van der Waals surface area contributed by atoms with E-state index < -0.39 is 17.3 Å². The first-order valence-corrected chi connectivity index (χ1v) is 12.1. The summed E-state index contributed by atoms with van der Waals surface area (Å²) in [7, 11) is 0. The lowest BCUT2D eigenvalue weighted by molar-refractivity contribution is -0.137. The van der Waals surface area contributed by atoms with Crippen molar-refractivity contribution in [3.63, 3.8) is 0 Å². The number of aliphatic hydroxyl groups is 1. The SMILES string of the molecule is Cc1ccc(C2(O)CCC(N3CC(NC(=O)CNc4n[nH]c5ccc(C(F)(F)F)cc45)C3)CC2)cn1. The fourth-order valence-corrected chi connectivity index (χ4v) is 5.15. The first-order valence-electron chi connectivity index (χ1n) is 12.1. The van der Waals surface area contributed by atoms with Crippen LogP contribution >= 0.6 is 0 Å². The molecule has 1 saturated carbocycles. The highest BCUT2D eigenvalue weighted by atomic mass is 19.4. The summed E-state index contributed by atoms with van der Waals surface area (Å²) in [4.78, 5) is 19.0. The highest BCUT2D eigenvalue weighted by Gasteiger charge is 2.40. The van der Waals surface area contributed by atoms with Gasteiger partial charge in [-0.25, -0.2) is 0 Å². The van der Waals surface area contributed by atoms with E-state index in [2.05, 4.69) is 30.7 Å². The molecule has 1 saturated heterocycles. The molecule has 4 N–H and O–H groups in total. The lowest BCUT2D eigenvalue weighted by Crippen LogP contribution is -2.63. The number of hydrogen-bond donors (Lipinski definition) is 4. The highest BCUT2D eigenvalue weighted by Crippen LogP contribution is 2.39. The van der Waals surface area contributed by atoms with Gasteiger partial charge < -0.3 is 15.7 Å². The van der Waals surface area contributed by atoms with Crippen molar-refractivity contribution >= 4 is 22.6 Å². The number of likely N-dealkylation sites (tertiary alicyclic amines) is 1. The summed E-state index contributed by atoms with van der Waals surface area (Å²) in [5.41, 5.74) is 0.646. The van der Waals surface area contributed by atoms with E-state index in [-0.39, 0.29) is 29.7 Å². The van der Waals surface area contributed by atoms with Crippen LogP contribution in [0.3, 0.4) is 0 Å². The number of amides is 1. The number of pyridine rings is 1. The summed E-state index contributed by atoms with van der Waals surface area (Å²) in [6.07, 6.45) is 0.406. The van der Waals surface area contributed by atoms with Crippen LogP contribution < -0.4 is 10.6 Å². The number of hydrogen-bond acceptors (Lipinski definition) is 6. The van der Waals surface area contributed by atoms with Crippen molar-refractivity contribution in [1.82, 2.24) is 25.4 Å². The van der Waals surface area contributed by atoms with Crippen LogP contribution in [-0.4, -0.2) is 62.8 Å². The number of halogens is 3. The van der Waals surface area contributed by atoms with Gasteiger partial charge in [0.2, 0.25) is 5.91 Å². The van der Waals surface area contributed by atoms with Crippen LogP contribution in [0.5, 0.6) is 0 Å². The van der Waals surface area contributed by atoms with Crippen molar-refractivity contribution in [1.29, 1.82) is 0 Å². The third-order valence-electron chi connectivity index (χ3n) is 7.33. The molecule has 192 valence electrons. The van der Waals surface area contributed by atoms with Gasteiger partial charge in [-0.05, 0) is 56.9 Å². The van der Waals surface area contributed by atoms with Crippen molar-refractivity contribution in [3.05, 3.63) is 53.3 Å². The molecule has 0 unspecified atom stereocenters. The number of alkyl halides is 3. The summed E-state index contributed by atoms with van der Waals surface area (Å²) in [5, 5.41) is 23.8. The van der Waals surface area contributed by atoms with Gasteiger partial charge in [-0.2, -0.15) is 18.3 Å². The minimum Gasteiger partial charge on any atom is -0.385 e. The number of fused-ring (bicyclic) bond motifs is 1. The smallest absolute Gasteiger partial charge is 0.385 e. The molecular weight excluding hydrogens is 473 g/mol. The zero-order chi connectivity index (χ0) is 25.5. The van der Waals surface area contributed by atoms with Crippen LogP contribution in [0, 0.1) is 6.92 Å². The molecule has 8 nitrogen and oxygen atoms in total. The molecule has 3 heterocycles. The molecule has 0 atom stereocenters. The van der Waals surface area contributed by atoms with Crippen molar-refractivity contribution in [3.8, 4) is 0 Å². The van der Waals surface area contributed by atoms with E-state index in [1.807, 2.05) is 19.1 Å². The van der Waals surface area contributed by atoms with Crippen LogP contribution in [0.4, 0.5) is 19.0 Å². The molecular formula is C25H29F3N6O2. The van der Waals surface area contributed by atoms with Crippen molar-refractivity contribution in [2.24, 2.45) is 0 Å². The molecule has 11 heteroatoms. The first-order chi connectivity index (χ1) is 17.1. The molecule has 0 radical (unpaired) electrons. The number of carbonyl (C=O) groups is 1. The molecule has 36 heavy (non-hydrogen) atoms. The molecule has 1 aliphatic carbocycles. The second-order valence-corrected chi connectivity index (χ2v) is 9.85. The predicted molar refractivity (Wildman–Crippen MR) is 128 cm³/mol. The Labute approximate surface area is 206 Å². The molecule has 2 aliphatic rings. The quantitative estimate of drug-likeness (QED) is 0.412. The Morgan fingerprint density at radius 2 is 1.97 bits per heavy atom. The molecule has 0 bridgehead atoms. The van der Waals surface area contributed by atoms with Gasteiger partial charge >= 0.3 is 6.18 Å². The van der Waals surface area contributed by atoms with Crippen LogP contribution in [-0.2, 0) is 16.6 Å². The van der Waals surface area contributed by atoms with Gasteiger partial charge in [0.25, 0.3) is 0 Å². The highest BCUT2D eigenvalue weighted by molar-refractivity contribution is 5.92. The van der Waals surface area contributed by atoms with E-state index >= 15 is 0 Å². The van der Waals surface area contributed by atoms with E-state index in [0.29, 0.717) is 24.4 Å². The van der Waals surface area contributed by atoms with Gasteiger partial charge in [0.15, 0.2) is 5.82 Å². The van der Waals surface area contributed by atoms with Gasteiger partial charge in [0.05, 0.1) is 29.3 Å². The number of anilines is 1. The van der Waals surface area contributed by atoms with E-state index in [1.54, 1.807) is 6.20 Å². The number of nitrogens with one attached hydrogen (secondary N) is 3. The maximum atomic E-state index is 13.0. The number of nitrogens with zero attached hydrogens (tertiary/aromatic N) is 3. The third-order valence-corrected chi connectivity index (χ3v) is 7.33. The number of aromatic nitrogens is 3. The number of H-pyrrole nitrogens is 1. The number of aromatic amines is 1. The normalized spacial score (nSPS) is 23.4. The minimum atomic E-state index is -4.45. The van der Waals surface area contributed by atoms with Gasteiger partial charge in [0, 0.05) is 42.0 Å². The second-order valence-electron chi connectivity index (χ2n) is 9.85. The van der Waals surface area contributed by atoms with Gasteiger partial charge in [-0.15, -0.1) is 0 Å². The monoisotopic (exact) mass is 502 g/mol. The molecule has 2 aromatic heterocycles. The van der Waals surface area contributed by atoms with Crippen LogP contribution in [0.2, 0.25) is 0 Å². The summed E-state index contributed by atoms with van der Waals surface area (Å²) < 4.78 is 39.1. The summed E-state index contributed by atoms with van der Waals surface area (Å²) in [5.74, 6) is -0.0346. The average Bonchev–Trinajstić information content (AvgIpc) is 3.23. The molecule has 3 aromatic rings. The topological polar surface area (TPSA) is 106 Å². The Morgan fingerprint density at radius 1 is 1.22 bits per heavy atom. The zero-order valence-corrected chi connectivity index (χ0v) is 19.9. The zero-order valence-electron chi connectivity index (χ0n) is 19.9. The van der Waals surface area contributed by atoms with Crippen molar-refractivity contribution in [2.75, 3.05) is 25.0 Å². The Balaban J connectivity index is 1.07. The van der Waals surface area contributed by atoms with E-state index in [4.69, 9.17) is 0 Å². The summed E-state index contributed by atoms with van der Waals surface area (Å²) in [6.45, 7) is 3.31. The van der Waals surface area contributed by atoms with E-state index in [1.165, 1.54) is 6.07 Å². The fourth-order valence-electron chi connectivity index (χ4n) is 5.15. The van der Waals surface area contributed by atoms with Gasteiger partial charge in [-0.1, -0.05) is 6.07 Å². The molecule has 0 spiro atoms. The predicted octanol–water partition coefficient (Wildman–Crippen LogP) is 3.33. The van der Waals surface area contributed by atoms with Crippen molar-refractivity contribution < 1.29 is 23.1 Å². The Morgan fingerprint density at radius 3 is 2.64 bits per heavy atom. The maximum Gasteiger partial charge on any atom is 0.416 e. The van der Waals surface area contributed by atoms with Crippen LogP contribution in [0.1, 0.15) is 42.5 Å². The van der Waals surface area contributed by atoms with Crippen LogP contribution in [0.15, 0.2) is 36.5 Å². The van der Waals surface area contributed by atoms with Crippen molar-refractivity contribution in [2.45, 2.75) is 56.5 Å². The van der Waals surface area contributed by atoms with Gasteiger partial charge in [-0.3, -0.25) is 19.8 Å². The molecule has 1 aliphatic heterocycles. The number of rotatable bonds is 6. The minimum absolute atomic E-state index is 0.0224. The molecule has 2 fully saturated rings. The van der Waals surface area contributed by atoms with Gasteiger partial charge in [0.1, 0.15) is 0 Å². The standard InChI is InChI=1S/C25H29F3N6O2/c1-15-2-3-17(11-29-15)24(36)8-6-19(7-9-24)34-13-18(14-34)31-22(35)12-30-23-20-10-16(25(26,27)28)4-5-21(20)32-33-23/h2-5,10-11,18-19,36H,6-9,12-14H2,1H3,(H,31,35)(H2,30,32,33).